The molecule has 0 saturated heterocycles. The second kappa shape index (κ2) is 10.3. The Morgan fingerprint density at radius 1 is 0.968 bits per heavy atom. The maximum atomic E-state index is 13.2. The first kappa shape index (κ1) is 22.7. The number of benzene rings is 2. The number of aliphatic hydroxyl groups is 2. The van der Waals surface area contributed by atoms with Crippen molar-refractivity contribution in [2.45, 2.75) is 38.3 Å². The number of hydrogen-bond acceptors (Lipinski definition) is 6. The normalized spacial score (nSPS) is 14.0. The van der Waals surface area contributed by atoms with Gasteiger partial charge < -0.3 is 19.8 Å². The highest BCUT2D eigenvalue weighted by Gasteiger charge is 2.43. The van der Waals surface area contributed by atoms with Gasteiger partial charge in [0.25, 0.3) is 5.91 Å². The first-order valence-corrected chi connectivity index (χ1v) is 10.4. The van der Waals surface area contributed by atoms with Crippen molar-refractivity contribution in [1.29, 1.82) is 0 Å². The van der Waals surface area contributed by atoms with E-state index in [4.69, 9.17) is 9.84 Å². The van der Waals surface area contributed by atoms with Gasteiger partial charge in [-0.05, 0) is 48.2 Å². The number of carbonyl (C=O) groups is 3. The third-order valence-corrected chi connectivity index (χ3v) is 5.25. The lowest BCUT2D eigenvalue weighted by Gasteiger charge is -2.29. The number of nitrogens with zero attached hydrogens (tertiary/aromatic N) is 1. The zero-order valence-corrected chi connectivity index (χ0v) is 17.5. The molecule has 0 aromatic heterocycles. The van der Waals surface area contributed by atoms with Crippen LogP contribution in [0.3, 0.4) is 0 Å². The molecule has 7 heteroatoms. The van der Waals surface area contributed by atoms with Crippen molar-refractivity contribution < 1.29 is 29.3 Å². The van der Waals surface area contributed by atoms with Gasteiger partial charge in [-0.1, -0.05) is 31.2 Å². The minimum absolute atomic E-state index is 0.0519. The van der Waals surface area contributed by atoms with Crippen molar-refractivity contribution in [3.63, 3.8) is 0 Å². The first-order chi connectivity index (χ1) is 15.0. The van der Waals surface area contributed by atoms with Crippen LogP contribution in [0.25, 0.3) is 11.1 Å². The van der Waals surface area contributed by atoms with Gasteiger partial charge in [0.2, 0.25) is 0 Å². The van der Waals surface area contributed by atoms with Gasteiger partial charge >= 0.3 is 0 Å². The fraction of sp³-hybridized carbons (Fsp3) is 0.375. The molecule has 2 aromatic rings. The lowest BCUT2D eigenvalue weighted by atomic mass is 10.0. The molecule has 1 fully saturated rings. The van der Waals surface area contributed by atoms with Crippen LogP contribution in [0.5, 0.6) is 5.75 Å². The summed E-state index contributed by atoms with van der Waals surface area (Å²) in [6.07, 6.45) is 1.59. The summed E-state index contributed by atoms with van der Waals surface area (Å²) in [4.78, 5) is 39.2. The largest absolute Gasteiger partial charge is 0.491 e. The number of hydrogen-bond donors (Lipinski definition) is 2. The summed E-state index contributed by atoms with van der Waals surface area (Å²) in [7, 11) is 0. The molecule has 1 atom stereocenters. The average Bonchev–Trinajstić information content (AvgIpc) is 3.65. The van der Waals surface area contributed by atoms with Gasteiger partial charge in [0.05, 0.1) is 6.61 Å². The molecule has 1 aliphatic carbocycles. The van der Waals surface area contributed by atoms with E-state index in [0.29, 0.717) is 11.3 Å². The van der Waals surface area contributed by atoms with Crippen LogP contribution in [0.15, 0.2) is 48.5 Å². The molecule has 1 aliphatic rings. The summed E-state index contributed by atoms with van der Waals surface area (Å²) in [5.41, 5.74) is 2.22. The topological polar surface area (TPSA) is 104 Å². The van der Waals surface area contributed by atoms with E-state index in [0.717, 1.165) is 24.0 Å². The Bertz CT molecular complexity index is 902. The van der Waals surface area contributed by atoms with Gasteiger partial charge in [0.1, 0.15) is 19.0 Å². The first-order valence-electron chi connectivity index (χ1n) is 10.4. The van der Waals surface area contributed by atoms with E-state index in [-0.39, 0.29) is 37.4 Å². The third kappa shape index (κ3) is 5.37. The van der Waals surface area contributed by atoms with Crippen LogP contribution in [-0.2, 0) is 9.59 Å². The lowest BCUT2D eigenvalue weighted by molar-refractivity contribution is -0.135. The smallest absolute Gasteiger partial charge is 0.255 e. The second-order valence-electron chi connectivity index (χ2n) is 7.46. The highest BCUT2D eigenvalue weighted by molar-refractivity contribution is 6.11. The highest BCUT2D eigenvalue weighted by atomic mass is 16.5. The van der Waals surface area contributed by atoms with Gasteiger partial charge in [0, 0.05) is 18.0 Å². The maximum Gasteiger partial charge on any atom is 0.255 e. The molecule has 31 heavy (non-hydrogen) atoms. The molecule has 1 unspecified atom stereocenters. The zero-order chi connectivity index (χ0) is 22.4. The quantitative estimate of drug-likeness (QED) is 0.535. The fourth-order valence-electron chi connectivity index (χ4n) is 3.48. The zero-order valence-electron chi connectivity index (χ0n) is 17.5. The Hall–Kier alpha value is -3.03. The van der Waals surface area contributed by atoms with E-state index in [1.54, 1.807) is 31.2 Å². The van der Waals surface area contributed by atoms with E-state index in [2.05, 4.69) is 0 Å². The molecule has 0 spiro atoms. The molecular formula is C24H27NO6. The van der Waals surface area contributed by atoms with Crippen molar-refractivity contribution >= 4 is 17.5 Å². The fourth-order valence-corrected chi connectivity index (χ4v) is 3.48. The molecule has 0 bridgehead atoms. The summed E-state index contributed by atoms with van der Waals surface area (Å²) in [6, 6.07) is 13.0. The molecule has 0 heterocycles. The van der Waals surface area contributed by atoms with E-state index in [9.17, 15) is 19.5 Å². The minimum atomic E-state index is -1.24. The minimum Gasteiger partial charge on any atom is -0.491 e. The molecular weight excluding hydrogens is 398 g/mol. The number of aliphatic hydroxyl groups excluding tert-OH is 2. The Morgan fingerprint density at radius 3 is 2.03 bits per heavy atom. The van der Waals surface area contributed by atoms with Crippen LogP contribution < -0.4 is 4.74 Å². The molecule has 0 radical (unpaired) electrons. The number of Topliss-reactive ketones (excluding diaryl/α,β-unsaturated/α-hetero) is 2. The summed E-state index contributed by atoms with van der Waals surface area (Å²) < 4.78 is 5.36. The van der Waals surface area contributed by atoms with E-state index >= 15 is 0 Å². The van der Waals surface area contributed by atoms with Gasteiger partial charge in [-0.3, -0.25) is 14.4 Å². The molecule has 1 saturated carbocycles. The standard InChI is InChI=1S/C24H27NO6/c1-2-21(28)23(22(29)15-27)25(19-9-10-19)24(30)18-5-3-16(4-6-18)17-7-11-20(12-8-17)31-14-13-26/h3-8,11-12,19,23,26-27H,2,9-10,13-15H2,1H3. The average molecular weight is 425 g/mol. The van der Waals surface area contributed by atoms with Gasteiger partial charge in [-0.2, -0.15) is 0 Å². The van der Waals surface area contributed by atoms with E-state index in [1.165, 1.54) is 4.90 Å². The Balaban J connectivity index is 1.80. The summed E-state index contributed by atoms with van der Waals surface area (Å²) in [5, 5.41) is 18.1. The molecule has 0 aliphatic heterocycles. The molecule has 164 valence electrons. The highest BCUT2D eigenvalue weighted by Crippen LogP contribution is 2.32. The molecule has 1 amide bonds. The van der Waals surface area contributed by atoms with Crippen LogP contribution in [0.1, 0.15) is 36.5 Å². The van der Waals surface area contributed by atoms with Crippen molar-refractivity contribution in [1.82, 2.24) is 4.90 Å². The maximum absolute atomic E-state index is 13.2. The summed E-state index contributed by atoms with van der Waals surface area (Å²) >= 11 is 0. The number of ether oxygens (including phenoxy) is 1. The van der Waals surface area contributed by atoms with Gasteiger partial charge in [-0.25, -0.2) is 0 Å². The Labute approximate surface area is 181 Å². The second-order valence-corrected chi connectivity index (χ2v) is 7.46. The monoisotopic (exact) mass is 425 g/mol. The van der Waals surface area contributed by atoms with Crippen LogP contribution >= 0.6 is 0 Å². The number of rotatable bonds is 11. The SMILES string of the molecule is CCC(=O)C(C(=O)CO)N(C(=O)c1ccc(-c2ccc(OCCO)cc2)cc1)C1CC1. The van der Waals surface area contributed by atoms with Crippen molar-refractivity contribution in [2.75, 3.05) is 19.8 Å². The Kier molecular flexibility index (Phi) is 7.55. The third-order valence-electron chi connectivity index (χ3n) is 5.25. The van der Waals surface area contributed by atoms with Crippen molar-refractivity contribution in [2.24, 2.45) is 0 Å². The Morgan fingerprint density at radius 2 is 1.55 bits per heavy atom. The summed E-state index contributed by atoms with van der Waals surface area (Å²) in [5.74, 6) is -0.730. The lowest BCUT2D eigenvalue weighted by Crippen LogP contribution is -2.51. The van der Waals surface area contributed by atoms with Crippen molar-refractivity contribution in [3.05, 3.63) is 54.1 Å². The van der Waals surface area contributed by atoms with Gasteiger partial charge in [0.15, 0.2) is 17.6 Å². The van der Waals surface area contributed by atoms with Crippen molar-refractivity contribution in [3.8, 4) is 16.9 Å². The summed E-state index contributed by atoms with van der Waals surface area (Å²) in [6.45, 7) is 1.05. The molecule has 3 rings (SSSR count). The van der Waals surface area contributed by atoms with Gasteiger partial charge in [-0.15, -0.1) is 0 Å². The number of ketones is 2. The molecule has 2 N–H and O–H groups in total. The predicted octanol–water partition coefficient (Wildman–Crippen LogP) is 2.24. The van der Waals surface area contributed by atoms with Crippen LogP contribution in [-0.4, -0.2) is 64.5 Å². The van der Waals surface area contributed by atoms with E-state index < -0.39 is 18.4 Å². The molecule has 7 nitrogen and oxygen atoms in total. The number of amides is 1. The molecule has 2 aromatic carbocycles. The van der Waals surface area contributed by atoms with Crippen LogP contribution in [0.2, 0.25) is 0 Å². The van der Waals surface area contributed by atoms with Crippen LogP contribution in [0, 0.1) is 0 Å². The number of carbonyl (C=O) groups excluding carboxylic acids is 3. The predicted molar refractivity (Wildman–Crippen MR) is 115 cm³/mol. The van der Waals surface area contributed by atoms with E-state index in [1.807, 2.05) is 24.3 Å². The van der Waals surface area contributed by atoms with Crippen LogP contribution in [0.4, 0.5) is 0 Å².